The van der Waals surface area contributed by atoms with Crippen molar-refractivity contribution in [3.8, 4) is 6.07 Å². The molecular formula is C15H21N3O2S. The molecule has 0 saturated heterocycles. The lowest BCUT2D eigenvalue weighted by Gasteiger charge is -2.19. The smallest absolute Gasteiger partial charge is 0.239 e. The third-order valence-electron chi connectivity index (χ3n) is 3.83. The molecule has 1 aliphatic rings. The summed E-state index contributed by atoms with van der Waals surface area (Å²) in [5.41, 5.74) is 1.47. The summed E-state index contributed by atoms with van der Waals surface area (Å²) in [6, 6.07) is 2.14. The lowest BCUT2D eigenvalue weighted by molar-refractivity contribution is -0.117. The maximum absolute atomic E-state index is 12.0. The molecule has 1 aromatic heterocycles. The number of nitrogens with zero attached hydrogens (tertiary/aromatic N) is 2. The van der Waals surface area contributed by atoms with Gasteiger partial charge in [0.1, 0.15) is 11.1 Å². The SMILES string of the molecule is Cc1sc(NC(=O)CN(C)CC(O)C2CC2)c(C#N)c1C. The van der Waals surface area contributed by atoms with E-state index >= 15 is 0 Å². The van der Waals surface area contributed by atoms with Crippen LogP contribution in [0.5, 0.6) is 0 Å². The lowest BCUT2D eigenvalue weighted by Crippen LogP contribution is -2.36. The van der Waals surface area contributed by atoms with Gasteiger partial charge in [-0.1, -0.05) is 0 Å². The van der Waals surface area contributed by atoms with Crippen molar-refractivity contribution in [2.24, 2.45) is 5.92 Å². The molecule has 1 amide bonds. The molecule has 1 atom stereocenters. The maximum Gasteiger partial charge on any atom is 0.239 e. The zero-order valence-corrected chi connectivity index (χ0v) is 13.5. The van der Waals surface area contributed by atoms with E-state index in [4.69, 9.17) is 5.26 Å². The first-order valence-corrected chi connectivity index (χ1v) is 7.90. The van der Waals surface area contributed by atoms with Crippen LogP contribution in [0.15, 0.2) is 0 Å². The molecule has 0 aromatic carbocycles. The summed E-state index contributed by atoms with van der Waals surface area (Å²) in [5, 5.41) is 22.5. The van der Waals surface area contributed by atoms with Crippen molar-refractivity contribution < 1.29 is 9.90 Å². The average Bonchev–Trinajstić information content (AvgIpc) is 3.19. The quantitative estimate of drug-likeness (QED) is 0.841. The number of aryl methyl sites for hydroxylation is 1. The van der Waals surface area contributed by atoms with Gasteiger partial charge in [0, 0.05) is 11.4 Å². The van der Waals surface area contributed by atoms with E-state index in [0.29, 0.717) is 23.0 Å². The van der Waals surface area contributed by atoms with Crippen LogP contribution in [0.1, 0.15) is 28.8 Å². The molecule has 1 unspecified atom stereocenters. The van der Waals surface area contributed by atoms with Crippen molar-refractivity contribution >= 4 is 22.2 Å². The summed E-state index contributed by atoms with van der Waals surface area (Å²) in [5.74, 6) is 0.251. The molecule has 21 heavy (non-hydrogen) atoms. The number of nitriles is 1. The molecule has 1 saturated carbocycles. The molecule has 5 nitrogen and oxygen atoms in total. The number of hydrogen-bond acceptors (Lipinski definition) is 5. The zero-order chi connectivity index (χ0) is 15.6. The second-order valence-electron chi connectivity index (χ2n) is 5.75. The van der Waals surface area contributed by atoms with Gasteiger partial charge in [-0.05, 0) is 45.2 Å². The van der Waals surface area contributed by atoms with Crippen LogP contribution in [0.3, 0.4) is 0 Å². The van der Waals surface area contributed by atoms with Crippen LogP contribution in [0.25, 0.3) is 0 Å². The number of thiophene rings is 1. The first kappa shape index (κ1) is 16.0. The Labute approximate surface area is 129 Å². The summed E-state index contributed by atoms with van der Waals surface area (Å²) in [6.45, 7) is 4.54. The molecule has 1 aliphatic carbocycles. The van der Waals surface area contributed by atoms with E-state index in [1.807, 2.05) is 25.8 Å². The summed E-state index contributed by atoms with van der Waals surface area (Å²) >= 11 is 1.43. The van der Waals surface area contributed by atoms with Gasteiger partial charge in [-0.15, -0.1) is 11.3 Å². The van der Waals surface area contributed by atoms with Crippen molar-refractivity contribution in [2.75, 3.05) is 25.5 Å². The molecule has 1 aromatic rings. The fraction of sp³-hybridized carbons (Fsp3) is 0.600. The van der Waals surface area contributed by atoms with E-state index in [9.17, 15) is 9.90 Å². The average molecular weight is 307 g/mol. The summed E-state index contributed by atoms with van der Waals surface area (Å²) in [7, 11) is 1.82. The Hall–Kier alpha value is -1.42. The van der Waals surface area contributed by atoms with Gasteiger partial charge in [0.15, 0.2) is 0 Å². The van der Waals surface area contributed by atoms with E-state index in [1.165, 1.54) is 11.3 Å². The molecule has 1 heterocycles. The highest BCUT2D eigenvalue weighted by atomic mass is 32.1. The van der Waals surface area contributed by atoms with E-state index in [-0.39, 0.29) is 18.6 Å². The molecule has 1 fully saturated rings. The first-order valence-electron chi connectivity index (χ1n) is 7.09. The molecular weight excluding hydrogens is 286 g/mol. The van der Waals surface area contributed by atoms with Crippen LogP contribution < -0.4 is 5.32 Å². The van der Waals surface area contributed by atoms with Crippen molar-refractivity contribution in [1.82, 2.24) is 4.90 Å². The molecule has 0 spiro atoms. The number of aliphatic hydroxyl groups excluding tert-OH is 1. The normalized spacial score (nSPS) is 15.8. The molecule has 2 rings (SSSR count). The minimum Gasteiger partial charge on any atom is -0.392 e. The Morgan fingerprint density at radius 3 is 2.81 bits per heavy atom. The Balaban J connectivity index is 1.89. The second-order valence-corrected chi connectivity index (χ2v) is 6.97. The zero-order valence-electron chi connectivity index (χ0n) is 12.6. The number of hydrogen-bond donors (Lipinski definition) is 2. The number of carbonyl (C=O) groups is 1. The molecule has 114 valence electrons. The van der Waals surface area contributed by atoms with Crippen molar-refractivity contribution in [1.29, 1.82) is 5.26 Å². The van der Waals surface area contributed by atoms with Crippen LogP contribution in [0, 0.1) is 31.1 Å². The fourth-order valence-corrected chi connectivity index (χ4v) is 3.30. The third kappa shape index (κ3) is 4.03. The fourth-order valence-electron chi connectivity index (χ4n) is 2.27. The van der Waals surface area contributed by atoms with Crippen molar-refractivity contribution in [3.63, 3.8) is 0 Å². The standard InChI is InChI=1S/C15H21N3O2S/c1-9-10(2)21-15(12(9)6-16)17-14(20)8-18(3)7-13(19)11-4-5-11/h11,13,19H,4-5,7-8H2,1-3H3,(H,17,20). The number of carbonyl (C=O) groups excluding carboxylic acids is 1. The van der Waals surface area contributed by atoms with Gasteiger partial charge >= 0.3 is 0 Å². The second kappa shape index (κ2) is 6.56. The number of amides is 1. The topological polar surface area (TPSA) is 76.4 Å². The molecule has 0 bridgehead atoms. The maximum atomic E-state index is 12.0. The minimum absolute atomic E-state index is 0.154. The van der Waals surface area contributed by atoms with Crippen LogP contribution >= 0.6 is 11.3 Å². The summed E-state index contributed by atoms with van der Waals surface area (Å²) in [6.07, 6.45) is 1.82. The van der Waals surface area contributed by atoms with Crippen LogP contribution in [-0.4, -0.2) is 42.2 Å². The largest absolute Gasteiger partial charge is 0.392 e. The first-order chi connectivity index (χ1) is 9.92. The third-order valence-corrected chi connectivity index (χ3v) is 4.95. The predicted molar refractivity (Wildman–Crippen MR) is 83.4 cm³/mol. The van der Waals surface area contributed by atoms with E-state index in [2.05, 4.69) is 11.4 Å². The molecule has 0 radical (unpaired) electrons. The highest BCUT2D eigenvalue weighted by Crippen LogP contribution is 2.33. The Kier molecular flexibility index (Phi) is 4.99. The molecule has 0 aliphatic heterocycles. The molecule has 2 N–H and O–H groups in total. The van der Waals surface area contributed by atoms with Crippen molar-refractivity contribution in [3.05, 3.63) is 16.0 Å². The number of rotatable bonds is 6. The van der Waals surface area contributed by atoms with Gasteiger partial charge in [0.2, 0.25) is 5.91 Å². The summed E-state index contributed by atoms with van der Waals surface area (Å²) in [4.78, 5) is 14.9. The Morgan fingerprint density at radius 1 is 1.57 bits per heavy atom. The van der Waals surface area contributed by atoms with Gasteiger partial charge in [-0.3, -0.25) is 9.69 Å². The summed E-state index contributed by atoms with van der Waals surface area (Å²) < 4.78 is 0. The van der Waals surface area contributed by atoms with Gasteiger partial charge in [0.05, 0.1) is 18.2 Å². The Bertz CT molecular complexity index is 572. The van der Waals surface area contributed by atoms with E-state index in [0.717, 1.165) is 23.3 Å². The Morgan fingerprint density at radius 2 is 2.24 bits per heavy atom. The monoisotopic (exact) mass is 307 g/mol. The van der Waals surface area contributed by atoms with Gasteiger partial charge in [-0.25, -0.2) is 0 Å². The predicted octanol–water partition coefficient (Wildman–Crippen LogP) is 1.88. The van der Waals surface area contributed by atoms with Gasteiger partial charge in [0.25, 0.3) is 0 Å². The minimum atomic E-state index is -0.344. The van der Waals surface area contributed by atoms with E-state index in [1.54, 1.807) is 0 Å². The van der Waals surface area contributed by atoms with Crippen LogP contribution in [0.4, 0.5) is 5.00 Å². The van der Waals surface area contributed by atoms with Gasteiger partial charge in [-0.2, -0.15) is 5.26 Å². The highest BCUT2D eigenvalue weighted by Gasteiger charge is 2.30. The van der Waals surface area contributed by atoms with Crippen molar-refractivity contribution in [2.45, 2.75) is 32.8 Å². The van der Waals surface area contributed by atoms with Crippen LogP contribution in [0.2, 0.25) is 0 Å². The number of likely N-dealkylation sites (N-methyl/N-ethyl adjacent to an activating group) is 1. The van der Waals surface area contributed by atoms with E-state index < -0.39 is 0 Å². The van der Waals surface area contributed by atoms with Crippen LogP contribution in [-0.2, 0) is 4.79 Å². The lowest BCUT2D eigenvalue weighted by atomic mass is 10.2. The molecule has 6 heteroatoms. The number of anilines is 1. The number of nitrogens with one attached hydrogen (secondary N) is 1. The van der Waals surface area contributed by atoms with Gasteiger partial charge < -0.3 is 10.4 Å². The number of aliphatic hydroxyl groups is 1. The highest BCUT2D eigenvalue weighted by molar-refractivity contribution is 7.16.